The summed E-state index contributed by atoms with van der Waals surface area (Å²) in [6.45, 7) is 6.75. The van der Waals surface area contributed by atoms with Crippen LogP contribution in [0.5, 0.6) is 5.75 Å². The van der Waals surface area contributed by atoms with Gasteiger partial charge in [0.25, 0.3) is 0 Å². The molecule has 0 amide bonds. The molecule has 0 bridgehead atoms. The van der Waals surface area contributed by atoms with E-state index in [-0.39, 0.29) is 0 Å². The fourth-order valence-corrected chi connectivity index (χ4v) is 2.67. The summed E-state index contributed by atoms with van der Waals surface area (Å²) in [6.07, 6.45) is 2.13. The van der Waals surface area contributed by atoms with Gasteiger partial charge in [0.1, 0.15) is 5.75 Å². The molecule has 0 saturated heterocycles. The predicted molar refractivity (Wildman–Crippen MR) is 85.0 cm³/mol. The maximum atomic E-state index is 9.53. The minimum absolute atomic E-state index is 0.362. The third-order valence-electron chi connectivity index (χ3n) is 4.08. The summed E-state index contributed by atoms with van der Waals surface area (Å²) in [5, 5.41) is 9.53. The Kier molecular flexibility index (Phi) is 4.84. The zero-order valence-corrected chi connectivity index (χ0v) is 12.6. The third kappa shape index (κ3) is 4.12. The van der Waals surface area contributed by atoms with Crippen LogP contribution in [0.4, 0.5) is 0 Å². The third-order valence-corrected chi connectivity index (χ3v) is 4.08. The molecule has 0 spiro atoms. The largest absolute Gasteiger partial charge is 0.508 e. The average molecular weight is 268 g/mol. The molecule has 2 atom stereocenters. The van der Waals surface area contributed by atoms with Crippen LogP contribution in [0, 0.1) is 18.8 Å². The van der Waals surface area contributed by atoms with E-state index in [1.54, 1.807) is 6.07 Å². The number of hydrogen-bond acceptors (Lipinski definition) is 1. The molecule has 0 saturated carbocycles. The summed E-state index contributed by atoms with van der Waals surface area (Å²) in [5.74, 6) is 1.58. The van der Waals surface area contributed by atoms with Crippen molar-refractivity contribution in [3.8, 4) is 5.75 Å². The lowest BCUT2D eigenvalue weighted by Gasteiger charge is -2.20. The quantitative estimate of drug-likeness (QED) is 0.829. The first-order chi connectivity index (χ1) is 9.54. The van der Waals surface area contributed by atoms with Crippen LogP contribution in [0.3, 0.4) is 0 Å². The molecule has 2 aromatic carbocycles. The van der Waals surface area contributed by atoms with Crippen LogP contribution < -0.4 is 0 Å². The van der Waals surface area contributed by atoms with Crippen LogP contribution in [0.1, 0.15) is 30.5 Å². The zero-order chi connectivity index (χ0) is 14.5. The Morgan fingerprint density at radius 3 is 1.95 bits per heavy atom. The van der Waals surface area contributed by atoms with E-state index in [1.165, 1.54) is 16.7 Å². The van der Waals surface area contributed by atoms with Gasteiger partial charge in [0.2, 0.25) is 0 Å². The number of rotatable bonds is 5. The van der Waals surface area contributed by atoms with Gasteiger partial charge in [-0.2, -0.15) is 0 Å². The molecule has 2 aromatic rings. The van der Waals surface area contributed by atoms with E-state index >= 15 is 0 Å². The second kappa shape index (κ2) is 6.60. The number of aryl methyl sites for hydroxylation is 1. The second-order valence-corrected chi connectivity index (χ2v) is 6.02. The van der Waals surface area contributed by atoms with Gasteiger partial charge in [0, 0.05) is 0 Å². The monoisotopic (exact) mass is 268 g/mol. The van der Waals surface area contributed by atoms with Gasteiger partial charge in [0.15, 0.2) is 0 Å². The molecule has 0 heterocycles. The van der Waals surface area contributed by atoms with Gasteiger partial charge in [-0.15, -0.1) is 0 Å². The van der Waals surface area contributed by atoms with Gasteiger partial charge in [0.05, 0.1) is 0 Å². The first-order valence-electron chi connectivity index (χ1n) is 7.38. The van der Waals surface area contributed by atoms with E-state index in [0.717, 1.165) is 12.8 Å². The predicted octanol–water partition coefficient (Wildman–Crippen LogP) is 4.76. The van der Waals surface area contributed by atoms with Crippen LogP contribution in [0.25, 0.3) is 0 Å². The highest BCUT2D eigenvalue weighted by Gasteiger charge is 2.14. The van der Waals surface area contributed by atoms with Crippen molar-refractivity contribution in [2.24, 2.45) is 11.8 Å². The maximum absolute atomic E-state index is 9.53. The molecule has 0 aromatic heterocycles. The Morgan fingerprint density at radius 2 is 1.40 bits per heavy atom. The Morgan fingerprint density at radius 1 is 0.850 bits per heavy atom. The van der Waals surface area contributed by atoms with Crippen LogP contribution >= 0.6 is 0 Å². The normalized spacial score (nSPS) is 13.9. The lowest BCUT2D eigenvalue weighted by Crippen LogP contribution is -2.13. The van der Waals surface area contributed by atoms with Crippen LogP contribution in [0.15, 0.2) is 48.5 Å². The van der Waals surface area contributed by atoms with Crippen molar-refractivity contribution in [1.82, 2.24) is 0 Å². The van der Waals surface area contributed by atoms with Crippen molar-refractivity contribution >= 4 is 0 Å². The van der Waals surface area contributed by atoms with Gasteiger partial charge < -0.3 is 5.11 Å². The van der Waals surface area contributed by atoms with Crippen molar-refractivity contribution < 1.29 is 5.11 Å². The summed E-state index contributed by atoms with van der Waals surface area (Å²) >= 11 is 0. The standard InChI is InChI=1S/C19H24O/c1-14-6-4-7-17(10-14)11-15(2)16(3)12-18-8-5-9-19(20)13-18/h4-10,13,15-16,20H,11-12H2,1-3H3. The number of phenols is 1. The van der Waals surface area contributed by atoms with Gasteiger partial charge in [-0.05, 0) is 54.9 Å². The summed E-state index contributed by atoms with van der Waals surface area (Å²) in [7, 11) is 0. The molecule has 1 N–H and O–H groups in total. The number of hydrogen-bond donors (Lipinski definition) is 1. The Bertz CT molecular complexity index is 508. The van der Waals surface area contributed by atoms with Gasteiger partial charge in [-0.1, -0.05) is 55.8 Å². The van der Waals surface area contributed by atoms with Gasteiger partial charge >= 0.3 is 0 Å². The fraction of sp³-hybridized carbons (Fsp3) is 0.368. The van der Waals surface area contributed by atoms with Crippen molar-refractivity contribution in [2.45, 2.75) is 33.6 Å². The molecule has 0 fully saturated rings. The Labute approximate surface area is 122 Å². The molecule has 0 aliphatic rings. The molecule has 1 nitrogen and oxygen atoms in total. The summed E-state index contributed by atoms with van der Waals surface area (Å²) in [5.41, 5.74) is 3.96. The van der Waals surface area contributed by atoms with E-state index < -0.39 is 0 Å². The number of benzene rings is 2. The van der Waals surface area contributed by atoms with Crippen molar-refractivity contribution in [1.29, 1.82) is 0 Å². The lowest BCUT2D eigenvalue weighted by atomic mass is 9.85. The molecule has 2 rings (SSSR count). The summed E-state index contributed by atoms with van der Waals surface area (Å²) in [6, 6.07) is 16.4. The van der Waals surface area contributed by atoms with Crippen molar-refractivity contribution in [3.05, 3.63) is 65.2 Å². The second-order valence-electron chi connectivity index (χ2n) is 6.02. The molecule has 106 valence electrons. The number of aromatic hydroxyl groups is 1. The SMILES string of the molecule is Cc1cccc(CC(C)C(C)Cc2cccc(O)c2)c1. The highest BCUT2D eigenvalue weighted by Crippen LogP contribution is 2.23. The maximum Gasteiger partial charge on any atom is 0.115 e. The minimum Gasteiger partial charge on any atom is -0.508 e. The van der Waals surface area contributed by atoms with Crippen LogP contribution in [0.2, 0.25) is 0 Å². The van der Waals surface area contributed by atoms with Crippen molar-refractivity contribution in [3.63, 3.8) is 0 Å². The summed E-state index contributed by atoms with van der Waals surface area (Å²) in [4.78, 5) is 0. The lowest BCUT2D eigenvalue weighted by molar-refractivity contribution is 0.382. The number of phenolic OH excluding ortho intramolecular Hbond substituents is 1. The van der Waals surface area contributed by atoms with E-state index in [2.05, 4.69) is 51.1 Å². The summed E-state index contributed by atoms with van der Waals surface area (Å²) < 4.78 is 0. The van der Waals surface area contributed by atoms with Crippen LogP contribution in [-0.4, -0.2) is 5.11 Å². The van der Waals surface area contributed by atoms with Crippen LogP contribution in [-0.2, 0) is 12.8 Å². The smallest absolute Gasteiger partial charge is 0.115 e. The Hall–Kier alpha value is -1.76. The molecule has 0 radical (unpaired) electrons. The Balaban J connectivity index is 1.96. The van der Waals surface area contributed by atoms with Crippen molar-refractivity contribution in [2.75, 3.05) is 0 Å². The van der Waals surface area contributed by atoms with E-state index in [0.29, 0.717) is 17.6 Å². The molecule has 20 heavy (non-hydrogen) atoms. The fourth-order valence-electron chi connectivity index (χ4n) is 2.67. The minimum atomic E-state index is 0.362. The molecule has 0 aliphatic carbocycles. The highest BCUT2D eigenvalue weighted by molar-refractivity contribution is 5.27. The molecule has 1 heteroatoms. The molecule has 2 unspecified atom stereocenters. The molecular formula is C19H24O. The molecular weight excluding hydrogens is 244 g/mol. The first-order valence-corrected chi connectivity index (χ1v) is 7.38. The van der Waals surface area contributed by atoms with Gasteiger partial charge in [-0.25, -0.2) is 0 Å². The van der Waals surface area contributed by atoms with E-state index in [4.69, 9.17) is 0 Å². The van der Waals surface area contributed by atoms with E-state index in [1.807, 2.05) is 12.1 Å². The first kappa shape index (κ1) is 14.6. The topological polar surface area (TPSA) is 20.2 Å². The van der Waals surface area contributed by atoms with E-state index in [9.17, 15) is 5.11 Å². The van der Waals surface area contributed by atoms with Gasteiger partial charge in [-0.3, -0.25) is 0 Å². The molecule has 0 aliphatic heterocycles. The zero-order valence-electron chi connectivity index (χ0n) is 12.6. The highest BCUT2D eigenvalue weighted by atomic mass is 16.3. The average Bonchev–Trinajstić information content (AvgIpc) is 2.38.